The molecule has 0 bridgehead atoms. The van der Waals surface area contributed by atoms with E-state index in [1.807, 2.05) is 61.5 Å². The lowest BCUT2D eigenvalue weighted by atomic mass is 10.0. The van der Waals surface area contributed by atoms with Crippen molar-refractivity contribution in [3.63, 3.8) is 0 Å². The third-order valence-electron chi connectivity index (χ3n) is 5.80. The molecule has 4 aromatic carbocycles. The van der Waals surface area contributed by atoms with Gasteiger partial charge in [-0.05, 0) is 53.8 Å². The maximum Gasteiger partial charge on any atom is 0.259 e. The largest absolute Gasteiger partial charge is 0.507 e. The number of rotatable bonds is 4. The van der Waals surface area contributed by atoms with E-state index >= 15 is 0 Å². The fourth-order valence-electron chi connectivity index (χ4n) is 4.16. The van der Waals surface area contributed by atoms with Gasteiger partial charge in [-0.25, -0.2) is 0 Å². The first-order valence-corrected chi connectivity index (χ1v) is 10.2. The second-order valence-electron chi connectivity index (χ2n) is 7.58. The first-order valence-electron chi connectivity index (χ1n) is 10.2. The fraction of sp³-hybridized carbons (Fsp3) is 0.115. The number of aryl methyl sites for hydroxylation is 1. The van der Waals surface area contributed by atoms with Crippen LogP contribution in [0.15, 0.2) is 66.7 Å². The monoisotopic (exact) mass is 410 g/mol. The summed E-state index contributed by atoms with van der Waals surface area (Å²) < 4.78 is 5.36. The van der Waals surface area contributed by atoms with Gasteiger partial charge < -0.3 is 20.1 Å². The predicted molar refractivity (Wildman–Crippen MR) is 125 cm³/mol. The van der Waals surface area contributed by atoms with Crippen LogP contribution in [-0.2, 0) is 6.42 Å². The normalized spacial score (nSPS) is 11.3. The van der Waals surface area contributed by atoms with Gasteiger partial charge in [-0.2, -0.15) is 0 Å². The molecular weight excluding hydrogens is 388 g/mol. The van der Waals surface area contributed by atoms with E-state index in [9.17, 15) is 9.90 Å². The van der Waals surface area contributed by atoms with Gasteiger partial charge in [0.05, 0.1) is 18.2 Å². The molecule has 5 aromatic rings. The number of nitrogens with one attached hydrogen (secondary N) is 2. The molecule has 0 radical (unpaired) electrons. The van der Waals surface area contributed by atoms with Gasteiger partial charge in [0.15, 0.2) is 0 Å². The number of carbonyl (C=O) groups excluding carboxylic acids is 1. The second-order valence-corrected chi connectivity index (χ2v) is 7.58. The molecule has 0 fully saturated rings. The summed E-state index contributed by atoms with van der Waals surface area (Å²) in [5, 5.41) is 17.5. The number of aromatic hydroxyl groups is 1. The zero-order valence-electron chi connectivity index (χ0n) is 17.3. The number of amides is 1. The van der Waals surface area contributed by atoms with Gasteiger partial charge in [0.2, 0.25) is 0 Å². The topological polar surface area (TPSA) is 74.3 Å². The SMILES string of the molecule is CCc1ccccc1NC(=O)c1cc2ccc3c4cc(OC)ccc4[nH]c3c2cc1O. The molecule has 0 aliphatic rings. The van der Waals surface area contributed by atoms with E-state index in [1.165, 1.54) is 0 Å². The number of phenols is 1. The van der Waals surface area contributed by atoms with Gasteiger partial charge in [-0.15, -0.1) is 0 Å². The lowest BCUT2D eigenvalue weighted by Gasteiger charge is -2.11. The third kappa shape index (κ3) is 3.15. The van der Waals surface area contributed by atoms with Crippen molar-refractivity contribution in [1.82, 2.24) is 4.98 Å². The van der Waals surface area contributed by atoms with Crippen LogP contribution in [0.25, 0.3) is 32.6 Å². The first kappa shape index (κ1) is 19.0. The van der Waals surface area contributed by atoms with Gasteiger partial charge in [-0.1, -0.05) is 37.3 Å². The molecule has 1 aromatic heterocycles. The van der Waals surface area contributed by atoms with Crippen LogP contribution < -0.4 is 10.1 Å². The van der Waals surface area contributed by atoms with Gasteiger partial charge in [-0.3, -0.25) is 4.79 Å². The number of fused-ring (bicyclic) bond motifs is 5. The highest BCUT2D eigenvalue weighted by molar-refractivity contribution is 6.19. The van der Waals surface area contributed by atoms with E-state index < -0.39 is 0 Å². The molecule has 0 atom stereocenters. The molecular formula is C26H22N2O3. The van der Waals surface area contributed by atoms with Crippen molar-refractivity contribution >= 4 is 44.2 Å². The molecule has 154 valence electrons. The average molecular weight is 410 g/mol. The number of phenolic OH excluding ortho intramolecular Hbond substituents is 1. The fourth-order valence-corrected chi connectivity index (χ4v) is 4.16. The Bertz CT molecular complexity index is 1470. The smallest absolute Gasteiger partial charge is 0.259 e. The van der Waals surface area contributed by atoms with Gasteiger partial charge in [0.1, 0.15) is 11.5 Å². The number of para-hydroxylation sites is 1. The van der Waals surface area contributed by atoms with Crippen molar-refractivity contribution in [1.29, 1.82) is 0 Å². The molecule has 0 unspecified atom stereocenters. The number of H-pyrrole nitrogens is 1. The summed E-state index contributed by atoms with van der Waals surface area (Å²) in [7, 11) is 1.65. The molecule has 5 rings (SSSR count). The van der Waals surface area contributed by atoms with Crippen LogP contribution in [0.1, 0.15) is 22.8 Å². The van der Waals surface area contributed by atoms with Gasteiger partial charge in [0, 0.05) is 27.4 Å². The molecule has 3 N–H and O–H groups in total. The Hall–Kier alpha value is -3.99. The zero-order valence-corrected chi connectivity index (χ0v) is 17.3. The van der Waals surface area contributed by atoms with E-state index in [2.05, 4.69) is 10.3 Å². The number of anilines is 1. The number of methoxy groups -OCH3 is 1. The summed E-state index contributed by atoms with van der Waals surface area (Å²) in [6.07, 6.45) is 0.809. The number of hydrogen-bond donors (Lipinski definition) is 3. The quantitative estimate of drug-likeness (QED) is 0.340. The second kappa shape index (κ2) is 7.36. The Labute approximate surface area is 179 Å². The van der Waals surface area contributed by atoms with Crippen molar-refractivity contribution in [2.45, 2.75) is 13.3 Å². The van der Waals surface area contributed by atoms with Gasteiger partial charge >= 0.3 is 0 Å². The lowest BCUT2D eigenvalue weighted by molar-refractivity contribution is 0.102. The minimum atomic E-state index is -0.332. The predicted octanol–water partition coefficient (Wildman–Crippen LogP) is 6.00. The van der Waals surface area contributed by atoms with Crippen LogP contribution >= 0.6 is 0 Å². The van der Waals surface area contributed by atoms with Crippen molar-refractivity contribution in [3.05, 3.63) is 77.9 Å². The summed E-state index contributed by atoms with van der Waals surface area (Å²) in [5.74, 6) is 0.403. The molecule has 31 heavy (non-hydrogen) atoms. The summed E-state index contributed by atoms with van der Waals surface area (Å²) in [6.45, 7) is 2.04. The standard InChI is InChI=1S/C26H22N2O3/c1-3-15-6-4-5-7-22(15)28-26(30)21-12-16-8-10-18-20-13-17(31-2)9-11-23(20)27-25(18)19(16)14-24(21)29/h4-14,27,29H,3H2,1-2H3,(H,28,30). The Morgan fingerprint density at radius 2 is 1.84 bits per heavy atom. The van der Waals surface area contributed by atoms with Crippen LogP contribution in [-0.4, -0.2) is 23.1 Å². The molecule has 5 nitrogen and oxygen atoms in total. The number of ether oxygens (including phenoxy) is 1. The molecule has 0 saturated carbocycles. The molecule has 0 saturated heterocycles. The molecule has 1 heterocycles. The number of carbonyl (C=O) groups is 1. The van der Waals surface area contributed by atoms with E-state index in [-0.39, 0.29) is 17.2 Å². The number of aromatic amines is 1. The minimum absolute atomic E-state index is 0.0530. The highest BCUT2D eigenvalue weighted by atomic mass is 16.5. The van der Waals surface area contributed by atoms with E-state index in [0.717, 1.165) is 56.0 Å². The molecule has 0 aliphatic carbocycles. The Balaban J connectivity index is 1.61. The van der Waals surface area contributed by atoms with Crippen LogP contribution in [0.2, 0.25) is 0 Å². The molecule has 0 aliphatic heterocycles. The van der Waals surface area contributed by atoms with Crippen molar-refractivity contribution in [3.8, 4) is 11.5 Å². The molecule has 0 spiro atoms. The third-order valence-corrected chi connectivity index (χ3v) is 5.80. The van der Waals surface area contributed by atoms with Crippen LogP contribution in [0.5, 0.6) is 11.5 Å². The highest BCUT2D eigenvalue weighted by Crippen LogP contribution is 2.36. The Kier molecular flexibility index (Phi) is 4.51. The van der Waals surface area contributed by atoms with Crippen molar-refractivity contribution in [2.24, 2.45) is 0 Å². The Morgan fingerprint density at radius 3 is 2.65 bits per heavy atom. The van der Waals surface area contributed by atoms with E-state index in [0.29, 0.717) is 0 Å². The maximum absolute atomic E-state index is 12.9. The molecule has 5 heteroatoms. The van der Waals surface area contributed by atoms with E-state index in [4.69, 9.17) is 4.74 Å². The summed E-state index contributed by atoms with van der Waals surface area (Å²) in [4.78, 5) is 16.4. The van der Waals surface area contributed by atoms with Crippen LogP contribution in [0.3, 0.4) is 0 Å². The van der Waals surface area contributed by atoms with Crippen molar-refractivity contribution in [2.75, 3.05) is 12.4 Å². The number of aromatic nitrogens is 1. The Morgan fingerprint density at radius 1 is 1.00 bits per heavy atom. The van der Waals surface area contributed by atoms with Gasteiger partial charge in [0.25, 0.3) is 5.91 Å². The summed E-state index contributed by atoms with van der Waals surface area (Å²) >= 11 is 0. The van der Waals surface area contributed by atoms with E-state index in [1.54, 1.807) is 19.2 Å². The maximum atomic E-state index is 12.9. The number of hydrogen-bond acceptors (Lipinski definition) is 3. The summed E-state index contributed by atoms with van der Waals surface area (Å²) in [5.41, 5.74) is 3.96. The average Bonchev–Trinajstić information content (AvgIpc) is 3.17. The number of benzene rings is 4. The summed E-state index contributed by atoms with van der Waals surface area (Å²) in [6, 6.07) is 21.0. The van der Waals surface area contributed by atoms with Crippen LogP contribution in [0.4, 0.5) is 5.69 Å². The highest BCUT2D eigenvalue weighted by Gasteiger charge is 2.16. The zero-order chi connectivity index (χ0) is 21.5. The van der Waals surface area contributed by atoms with Crippen LogP contribution in [0, 0.1) is 0 Å². The lowest BCUT2D eigenvalue weighted by Crippen LogP contribution is -2.13. The van der Waals surface area contributed by atoms with Crippen molar-refractivity contribution < 1.29 is 14.6 Å². The minimum Gasteiger partial charge on any atom is -0.507 e. The first-order chi connectivity index (χ1) is 15.1. The molecule has 1 amide bonds.